The van der Waals surface area contributed by atoms with Gasteiger partial charge in [0, 0.05) is 31.1 Å². The van der Waals surface area contributed by atoms with Gasteiger partial charge in [-0.15, -0.1) is 0 Å². The number of benzene rings is 2. The van der Waals surface area contributed by atoms with Crippen molar-refractivity contribution < 1.29 is 18.0 Å². The third-order valence-corrected chi connectivity index (χ3v) is 9.05. The fraction of sp³-hybridized carbons (Fsp3) is 0.267. The molecule has 1 aliphatic rings. The van der Waals surface area contributed by atoms with Crippen molar-refractivity contribution in [2.45, 2.75) is 37.5 Å². The van der Waals surface area contributed by atoms with Gasteiger partial charge in [-0.05, 0) is 88.7 Å². The molecule has 0 aliphatic carbocycles. The summed E-state index contributed by atoms with van der Waals surface area (Å²) in [7, 11) is -3.88. The molecule has 0 saturated carbocycles. The Hall–Kier alpha value is -3.36. The van der Waals surface area contributed by atoms with Gasteiger partial charge in [-0.2, -0.15) is 0 Å². The number of aryl methyl sites for hydroxylation is 2. The summed E-state index contributed by atoms with van der Waals surface area (Å²) in [5, 5.41) is 0. The molecule has 1 aliphatic heterocycles. The first-order valence-corrected chi connectivity index (χ1v) is 14.7. The van der Waals surface area contributed by atoms with Crippen molar-refractivity contribution in [2.24, 2.45) is 0 Å². The van der Waals surface area contributed by atoms with Crippen LogP contribution in [0.4, 0.5) is 0 Å². The summed E-state index contributed by atoms with van der Waals surface area (Å²) in [4.78, 5) is 30.0. The van der Waals surface area contributed by atoms with Crippen LogP contribution in [0, 0.1) is 13.8 Å². The van der Waals surface area contributed by atoms with Gasteiger partial charge in [0.1, 0.15) is 4.91 Å². The summed E-state index contributed by atoms with van der Waals surface area (Å²) >= 11 is 1.46. The third kappa shape index (κ3) is 8.33. The van der Waals surface area contributed by atoms with Crippen molar-refractivity contribution >= 4 is 33.2 Å². The number of allylic oxidation sites excluding steroid dienone is 6. The van der Waals surface area contributed by atoms with Crippen LogP contribution in [0.5, 0.6) is 0 Å². The first kappa shape index (κ1) is 29.2. The van der Waals surface area contributed by atoms with Crippen molar-refractivity contribution in [1.82, 2.24) is 9.80 Å². The Labute approximate surface area is 230 Å². The molecular weight excluding hydrogens is 516 g/mol. The zero-order valence-corrected chi connectivity index (χ0v) is 23.9. The highest BCUT2D eigenvalue weighted by Crippen LogP contribution is 2.27. The molecular formula is C30H34N2O4S2. The number of hydrogen-bond acceptors (Lipinski definition) is 7. The second-order valence-electron chi connectivity index (χ2n) is 9.16. The van der Waals surface area contributed by atoms with Crippen molar-refractivity contribution in [3.8, 4) is 0 Å². The largest absolute Gasteiger partial charge is 0.374 e. The second-order valence-corrected chi connectivity index (χ2v) is 12.2. The quantitative estimate of drug-likeness (QED) is 0.221. The molecule has 0 spiro atoms. The second kappa shape index (κ2) is 13.4. The lowest BCUT2D eigenvalue weighted by molar-refractivity contribution is -0.113. The molecule has 3 rings (SSSR count). The summed E-state index contributed by atoms with van der Waals surface area (Å²) < 4.78 is 25.9. The van der Waals surface area contributed by atoms with E-state index in [4.69, 9.17) is 0 Å². The fourth-order valence-electron chi connectivity index (χ4n) is 3.74. The topological polar surface area (TPSA) is 74.8 Å². The van der Waals surface area contributed by atoms with Crippen molar-refractivity contribution in [1.29, 1.82) is 0 Å². The average Bonchev–Trinajstić information content (AvgIpc) is 2.88. The van der Waals surface area contributed by atoms with E-state index < -0.39 is 15.6 Å². The lowest BCUT2D eigenvalue weighted by atomic mass is 10.2. The van der Waals surface area contributed by atoms with Crippen LogP contribution in [0.15, 0.2) is 105 Å². The number of carbonyl (C=O) groups excluding carboxylic acids is 2. The van der Waals surface area contributed by atoms with E-state index in [2.05, 4.69) is 9.80 Å². The number of sulfone groups is 1. The van der Waals surface area contributed by atoms with E-state index in [1.807, 2.05) is 62.7 Å². The monoisotopic (exact) mass is 550 g/mol. The summed E-state index contributed by atoms with van der Waals surface area (Å²) in [6, 6.07) is 14.6. The number of carbonyl (C=O) groups is 2. The highest BCUT2D eigenvalue weighted by Gasteiger charge is 2.23. The third-order valence-electron chi connectivity index (χ3n) is 6.00. The van der Waals surface area contributed by atoms with Gasteiger partial charge in [0.05, 0.1) is 9.80 Å². The minimum Gasteiger partial charge on any atom is -0.374 e. The maximum Gasteiger partial charge on any atom is 0.210 e. The van der Waals surface area contributed by atoms with E-state index in [1.165, 1.54) is 42.5 Å². The molecule has 0 N–H and O–H groups in total. The lowest BCUT2D eigenvalue weighted by Gasteiger charge is -2.33. The molecule has 0 amide bonds. The molecule has 0 bridgehead atoms. The molecule has 0 radical (unpaired) electrons. The first-order valence-electron chi connectivity index (χ1n) is 12.4. The molecule has 1 saturated heterocycles. The van der Waals surface area contributed by atoms with Crippen molar-refractivity contribution in [3.05, 3.63) is 106 Å². The molecule has 0 aromatic heterocycles. The molecule has 2 aromatic carbocycles. The predicted octanol–water partition coefficient (Wildman–Crippen LogP) is 5.46. The molecule has 8 heteroatoms. The Kier molecular flexibility index (Phi) is 10.3. The van der Waals surface area contributed by atoms with E-state index in [0.717, 1.165) is 36.6 Å². The first-order chi connectivity index (χ1) is 18.1. The maximum atomic E-state index is 12.9. The Bertz CT molecular complexity index is 1360. The fourth-order valence-corrected chi connectivity index (χ4v) is 5.94. The number of piperazine rings is 1. The van der Waals surface area contributed by atoms with E-state index in [9.17, 15) is 18.0 Å². The normalized spacial score (nSPS) is 15.5. The molecule has 0 atom stereocenters. The number of nitrogens with zero attached hydrogens (tertiary/aromatic N) is 2. The molecule has 200 valence electrons. The summed E-state index contributed by atoms with van der Waals surface area (Å²) in [5.74, 6) is -0.471. The van der Waals surface area contributed by atoms with Crippen LogP contribution in [0.2, 0.25) is 0 Å². The highest BCUT2D eigenvalue weighted by molar-refractivity contribution is 8.04. The van der Waals surface area contributed by atoms with E-state index >= 15 is 0 Å². The zero-order valence-electron chi connectivity index (χ0n) is 22.3. The number of ketones is 2. The number of hydrogen-bond donors (Lipinski definition) is 0. The predicted molar refractivity (Wildman–Crippen MR) is 154 cm³/mol. The van der Waals surface area contributed by atoms with Crippen LogP contribution >= 0.6 is 11.8 Å². The van der Waals surface area contributed by atoms with Crippen LogP contribution < -0.4 is 0 Å². The molecule has 2 aromatic rings. The van der Waals surface area contributed by atoms with E-state index in [1.54, 1.807) is 25.1 Å². The standard InChI is InChI=1S/C30H34N2O4S2/c1-23-9-13-27(14-10-23)37-29(25(3)33)7-5-17-31-19-21-32(22-20-31)18-6-8-30(26(4)34)38(35,36)28-15-11-24(2)12-16-28/h5-18H,19-22H2,1-4H3. The summed E-state index contributed by atoms with van der Waals surface area (Å²) in [6.07, 6.45) is 10.6. The summed E-state index contributed by atoms with van der Waals surface area (Å²) in [6.45, 7) is 9.80. The van der Waals surface area contributed by atoms with Gasteiger partial charge in [0.25, 0.3) is 0 Å². The van der Waals surface area contributed by atoms with Gasteiger partial charge in [0.2, 0.25) is 9.84 Å². The minimum atomic E-state index is -3.88. The highest BCUT2D eigenvalue weighted by atomic mass is 32.2. The smallest absolute Gasteiger partial charge is 0.210 e. The number of Topliss-reactive ketones (excluding diaryl/α,β-unsaturated/α-hetero) is 2. The van der Waals surface area contributed by atoms with E-state index in [-0.39, 0.29) is 15.6 Å². The summed E-state index contributed by atoms with van der Waals surface area (Å²) in [5.41, 5.74) is 2.13. The minimum absolute atomic E-state index is 0.0255. The average molecular weight is 551 g/mol. The van der Waals surface area contributed by atoms with Crippen LogP contribution in [0.3, 0.4) is 0 Å². The van der Waals surface area contributed by atoms with Crippen LogP contribution in [0.1, 0.15) is 25.0 Å². The van der Waals surface area contributed by atoms with Gasteiger partial charge in [0.15, 0.2) is 11.6 Å². The Morgan fingerprint density at radius 3 is 1.68 bits per heavy atom. The number of rotatable bonds is 10. The Morgan fingerprint density at radius 1 is 0.737 bits per heavy atom. The molecule has 6 nitrogen and oxygen atoms in total. The number of thioether (sulfide) groups is 1. The Morgan fingerprint density at radius 2 is 1.21 bits per heavy atom. The Balaban J connectivity index is 1.58. The maximum absolute atomic E-state index is 12.9. The van der Waals surface area contributed by atoms with Crippen molar-refractivity contribution in [2.75, 3.05) is 26.2 Å². The lowest BCUT2D eigenvalue weighted by Crippen LogP contribution is -2.41. The van der Waals surface area contributed by atoms with Gasteiger partial charge in [-0.1, -0.05) is 47.2 Å². The van der Waals surface area contributed by atoms with Gasteiger partial charge in [-0.3, -0.25) is 9.59 Å². The van der Waals surface area contributed by atoms with Gasteiger partial charge >= 0.3 is 0 Å². The SMILES string of the molecule is CC(=O)C(=CC=CN1CCN(C=CC=C(C(C)=O)S(=O)(=O)c2ccc(C)cc2)CC1)Sc1ccc(C)cc1. The van der Waals surface area contributed by atoms with E-state index in [0.29, 0.717) is 4.91 Å². The zero-order chi connectivity index (χ0) is 27.7. The van der Waals surface area contributed by atoms with Crippen molar-refractivity contribution in [3.63, 3.8) is 0 Å². The van der Waals surface area contributed by atoms with Crippen LogP contribution in [-0.2, 0) is 19.4 Å². The van der Waals surface area contributed by atoms with Crippen LogP contribution in [-0.4, -0.2) is 56.0 Å². The van der Waals surface area contributed by atoms with Gasteiger partial charge < -0.3 is 9.80 Å². The molecule has 1 fully saturated rings. The molecule has 0 unspecified atom stereocenters. The van der Waals surface area contributed by atoms with Crippen LogP contribution in [0.25, 0.3) is 0 Å². The van der Waals surface area contributed by atoms with Gasteiger partial charge in [-0.25, -0.2) is 8.42 Å². The molecule has 38 heavy (non-hydrogen) atoms. The molecule has 1 heterocycles.